The van der Waals surface area contributed by atoms with E-state index in [0.29, 0.717) is 0 Å². The maximum Gasteiger partial charge on any atom is 0.137 e. The third-order valence-corrected chi connectivity index (χ3v) is 9.29. The summed E-state index contributed by atoms with van der Waals surface area (Å²) in [6.07, 6.45) is 0. The SMILES string of the molecule is c1ccc(N(c2ccc(-c3ccc(-c4cccc5ccccc45)cc3)cc2)c2cccc3ccccc23)c(-c2cc3ccccc3o2)c1. The minimum atomic E-state index is 0.847. The van der Waals surface area contributed by atoms with Crippen LogP contribution in [0.1, 0.15) is 0 Å². The number of anilines is 3. The van der Waals surface area contributed by atoms with Crippen LogP contribution in [0.5, 0.6) is 0 Å². The van der Waals surface area contributed by atoms with Gasteiger partial charge in [-0.1, -0.05) is 146 Å². The van der Waals surface area contributed by atoms with Crippen LogP contribution in [0.2, 0.25) is 0 Å². The average Bonchev–Trinajstić information content (AvgIpc) is 3.60. The second-order valence-corrected chi connectivity index (χ2v) is 12.2. The van der Waals surface area contributed by atoms with Gasteiger partial charge in [-0.25, -0.2) is 0 Å². The molecule has 0 fully saturated rings. The molecule has 0 aliphatic carbocycles. The van der Waals surface area contributed by atoms with E-state index in [9.17, 15) is 0 Å². The van der Waals surface area contributed by atoms with Crippen LogP contribution in [0.3, 0.4) is 0 Å². The molecule has 1 heterocycles. The number of fused-ring (bicyclic) bond motifs is 3. The van der Waals surface area contributed by atoms with Crippen LogP contribution in [0.15, 0.2) is 192 Å². The Labute approximate surface area is 279 Å². The Hall–Kier alpha value is -6.38. The first kappa shape index (κ1) is 27.9. The highest BCUT2D eigenvalue weighted by atomic mass is 16.3. The van der Waals surface area contributed by atoms with Gasteiger partial charge in [0.05, 0.1) is 11.4 Å². The van der Waals surface area contributed by atoms with Gasteiger partial charge in [-0.2, -0.15) is 0 Å². The average molecular weight is 614 g/mol. The Morgan fingerprint density at radius 1 is 0.354 bits per heavy atom. The molecule has 0 atom stereocenters. The third-order valence-electron chi connectivity index (χ3n) is 9.29. The molecule has 0 radical (unpaired) electrons. The summed E-state index contributed by atoms with van der Waals surface area (Å²) >= 11 is 0. The molecule has 226 valence electrons. The second-order valence-electron chi connectivity index (χ2n) is 12.2. The Kier molecular flexibility index (Phi) is 6.84. The summed E-state index contributed by atoms with van der Waals surface area (Å²) in [7, 11) is 0. The molecular formula is C46H31NO. The first-order chi connectivity index (χ1) is 23.8. The van der Waals surface area contributed by atoms with Gasteiger partial charge in [0, 0.05) is 22.0 Å². The van der Waals surface area contributed by atoms with Gasteiger partial charge in [-0.05, 0) is 80.9 Å². The van der Waals surface area contributed by atoms with Gasteiger partial charge in [-0.15, -0.1) is 0 Å². The number of rotatable bonds is 6. The van der Waals surface area contributed by atoms with Crippen molar-refractivity contribution >= 4 is 49.6 Å². The van der Waals surface area contributed by atoms with Gasteiger partial charge in [0.2, 0.25) is 0 Å². The van der Waals surface area contributed by atoms with E-state index in [1.54, 1.807) is 0 Å². The highest BCUT2D eigenvalue weighted by molar-refractivity contribution is 6.01. The summed E-state index contributed by atoms with van der Waals surface area (Å²) in [5, 5.41) is 6.01. The number of furan rings is 1. The standard InChI is InChI=1S/C46H31NO/c1-4-16-39-34(11-1)14-9-19-40(39)36-25-23-32(24-26-36)33-27-29-38(30-28-33)47(43-21-10-15-35-12-2-5-17-41(35)43)44-20-7-6-18-42(44)46-31-37-13-3-8-22-45(37)48-46/h1-31H. The van der Waals surface area contributed by atoms with E-state index < -0.39 is 0 Å². The van der Waals surface area contributed by atoms with Crippen molar-refractivity contribution in [3.05, 3.63) is 188 Å². The number of nitrogens with zero attached hydrogens (tertiary/aromatic N) is 1. The molecule has 8 aromatic carbocycles. The molecule has 0 bridgehead atoms. The fourth-order valence-corrected chi connectivity index (χ4v) is 6.93. The summed E-state index contributed by atoms with van der Waals surface area (Å²) in [5.41, 5.74) is 10.00. The minimum absolute atomic E-state index is 0.847. The number of para-hydroxylation sites is 2. The summed E-state index contributed by atoms with van der Waals surface area (Å²) < 4.78 is 6.42. The van der Waals surface area contributed by atoms with E-state index in [-0.39, 0.29) is 0 Å². The van der Waals surface area contributed by atoms with Gasteiger partial charge in [0.25, 0.3) is 0 Å². The molecule has 0 saturated carbocycles. The molecular weight excluding hydrogens is 583 g/mol. The molecule has 9 rings (SSSR count). The maximum atomic E-state index is 6.42. The third kappa shape index (κ3) is 4.92. The lowest BCUT2D eigenvalue weighted by Crippen LogP contribution is -2.11. The molecule has 2 nitrogen and oxygen atoms in total. The maximum absolute atomic E-state index is 6.42. The number of hydrogen-bond donors (Lipinski definition) is 0. The zero-order valence-electron chi connectivity index (χ0n) is 26.3. The van der Waals surface area contributed by atoms with Crippen molar-refractivity contribution in [2.45, 2.75) is 0 Å². The lowest BCUT2D eigenvalue weighted by Gasteiger charge is -2.28. The monoisotopic (exact) mass is 613 g/mol. The first-order valence-electron chi connectivity index (χ1n) is 16.3. The van der Waals surface area contributed by atoms with Crippen LogP contribution in [-0.2, 0) is 0 Å². The molecule has 0 N–H and O–H groups in total. The summed E-state index contributed by atoms with van der Waals surface area (Å²) in [6, 6.07) is 66.9. The highest BCUT2D eigenvalue weighted by Crippen LogP contribution is 2.44. The fourth-order valence-electron chi connectivity index (χ4n) is 6.93. The molecule has 0 aliphatic heterocycles. The van der Waals surface area contributed by atoms with Crippen LogP contribution < -0.4 is 4.90 Å². The van der Waals surface area contributed by atoms with E-state index in [2.05, 4.69) is 181 Å². The van der Waals surface area contributed by atoms with Crippen molar-refractivity contribution in [1.82, 2.24) is 0 Å². The zero-order valence-corrected chi connectivity index (χ0v) is 26.3. The van der Waals surface area contributed by atoms with Gasteiger partial charge >= 0.3 is 0 Å². The van der Waals surface area contributed by atoms with Gasteiger partial charge in [0.1, 0.15) is 11.3 Å². The predicted molar refractivity (Wildman–Crippen MR) is 202 cm³/mol. The first-order valence-corrected chi connectivity index (χ1v) is 16.3. The summed E-state index contributed by atoms with van der Waals surface area (Å²) in [5.74, 6) is 0.847. The molecule has 1 aromatic heterocycles. The molecule has 0 amide bonds. The van der Waals surface area contributed by atoms with E-state index in [1.807, 2.05) is 12.1 Å². The van der Waals surface area contributed by atoms with Crippen molar-refractivity contribution in [1.29, 1.82) is 0 Å². The molecule has 48 heavy (non-hydrogen) atoms. The van der Waals surface area contributed by atoms with Crippen LogP contribution in [0.4, 0.5) is 17.1 Å². The van der Waals surface area contributed by atoms with E-state index in [4.69, 9.17) is 4.42 Å². The topological polar surface area (TPSA) is 16.4 Å². The van der Waals surface area contributed by atoms with Crippen LogP contribution in [0.25, 0.3) is 66.1 Å². The van der Waals surface area contributed by atoms with Crippen molar-refractivity contribution in [2.24, 2.45) is 0 Å². The van der Waals surface area contributed by atoms with Crippen molar-refractivity contribution in [2.75, 3.05) is 4.90 Å². The second kappa shape index (κ2) is 11.8. The minimum Gasteiger partial charge on any atom is -0.456 e. The van der Waals surface area contributed by atoms with Gasteiger partial charge in [0.15, 0.2) is 0 Å². The number of benzene rings is 8. The van der Waals surface area contributed by atoms with Crippen LogP contribution >= 0.6 is 0 Å². The molecule has 0 aliphatic rings. The van der Waals surface area contributed by atoms with E-state index >= 15 is 0 Å². The van der Waals surface area contributed by atoms with Crippen molar-refractivity contribution < 1.29 is 4.42 Å². The Bertz CT molecular complexity index is 2520. The van der Waals surface area contributed by atoms with Gasteiger partial charge < -0.3 is 9.32 Å². The lowest BCUT2D eigenvalue weighted by molar-refractivity contribution is 0.631. The zero-order chi connectivity index (χ0) is 31.9. The summed E-state index contributed by atoms with van der Waals surface area (Å²) in [4.78, 5) is 2.36. The Morgan fingerprint density at radius 3 is 1.65 bits per heavy atom. The van der Waals surface area contributed by atoms with Crippen LogP contribution in [-0.4, -0.2) is 0 Å². The Balaban J connectivity index is 1.14. The van der Waals surface area contributed by atoms with E-state index in [0.717, 1.165) is 39.4 Å². The van der Waals surface area contributed by atoms with Crippen molar-refractivity contribution in [3.8, 4) is 33.6 Å². The molecule has 0 unspecified atom stereocenters. The van der Waals surface area contributed by atoms with Crippen LogP contribution in [0, 0.1) is 0 Å². The lowest BCUT2D eigenvalue weighted by atomic mass is 9.96. The van der Waals surface area contributed by atoms with Gasteiger partial charge in [-0.3, -0.25) is 0 Å². The van der Waals surface area contributed by atoms with Crippen molar-refractivity contribution in [3.63, 3.8) is 0 Å². The Morgan fingerprint density at radius 2 is 0.875 bits per heavy atom. The quantitative estimate of drug-likeness (QED) is 0.185. The highest BCUT2D eigenvalue weighted by Gasteiger charge is 2.20. The molecule has 0 saturated heterocycles. The largest absolute Gasteiger partial charge is 0.456 e. The molecule has 9 aromatic rings. The molecule has 0 spiro atoms. The number of hydrogen-bond acceptors (Lipinski definition) is 2. The normalized spacial score (nSPS) is 11.3. The smallest absolute Gasteiger partial charge is 0.137 e. The molecule has 2 heteroatoms. The summed E-state index contributed by atoms with van der Waals surface area (Å²) in [6.45, 7) is 0. The van der Waals surface area contributed by atoms with E-state index in [1.165, 1.54) is 43.8 Å². The predicted octanol–water partition coefficient (Wildman–Crippen LogP) is 13.2. The fraction of sp³-hybridized carbons (Fsp3) is 0.